The Kier molecular flexibility index (Phi) is 13.0. The number of carbonyl (C=O) groups is 4. The van der Waals surface area contributed by atoms with Crippen molar-refractivity contribution in [3.63, 3.8) is 0 Å². The van der Waals surface area contributed by atoms with Crippen molar-refractivity contribution in [1.29, 1.82) is 0 Å². The molecule has 6 N–H and O–H groups in total. The molecule has 5 aliphatic carbocycles. The van der Waals surface area contributed by atoms with E-state index in [0.717, 1.165) is 51.2 Å². The second-order valence-electron chi connectivity index (χ2n) is 22.0. The van der Waals surface area contributed by atoms with Crippen LogP contribution in [-0.2, 0) is 47.6 Å². The molecule has 0 bridgehead atoms. The minimum atomic E-state index is -1.94. The molecule has 19 atom stereocenters. The lowest BCUT2D eigenvalue weighted by Crippen LogP contribution is -2.68. The van der Waals surface area contributed by atoms with E-state index in [1.807, 2.05) is 19.9 Å². The predicted molar refractivity (Wildman–Crippen MR) is 222 cm³/mol. The Morgan fingerprint density at radius 2 is 1.40 bits per heavy atom. The zero-order valence-electron chi connectivity index (χ0n) is 38.4. The van der Waals surface area contributed by atoms with Crippen molar-refractivity contribution in [2.75, 3.05) is 13.7 Å². The third-order valence-corrected chi connectivity index (χ3v) is 18.1. The fourth-order valence-electron chi connectivity index (χ4n) is 13.9. The minimum Gasteiger partial charge on any atom is -0.481 e. The Bertz CT molecular complexity index is 1820. The van der Waals surface area contributed by atoms with E-state index < -0.39 is 107 Å². The first-order valence-electron chi connectivity index (χ1n) is 23.1. The zero-order chi connectivity index (χ0) is 46.4. The number of carboxylic acid groups (broad SMARTS) is 1. The monoisotopic (exact) mass is 892 g/mol. The summed E-state index contributed by atoms with van der Waals surface area (Å²) in [5.74, 6) is -3.07. The van der Waals surface area contributed by atoms with E-state index in [1.165, 1.54) is 0 Å². The number of allylic oxidation sites excluding steroid dienone is 2. The molecule has 63 heavy (non-hydrogen) atoms. The fraction of sp³-hybridized carbons (Fsp3) is 0.872. The van der Waals surface area contributed by atoms with Crippen molar-refractivity contribution < 1.29 is 78.2 Å². The fourth-order valence-corrected chi connectivity index (χ4v) is 13.9. The van der Waals surface area contributed by atoms with Gasteiger partial charge in [0.25, 0.3) is 0 Å². The molecule has 0 aromatic heterocycles. The van der Waals surface area contributed by atoms with Crippen molar-refractivity contribution in [2.45, 2.75) is 194 Å². The second kappa shape index (κ2) is 17.0. The molecule has 0 spiro atoms. The third-order valence-electron chi connectivity index (χ3n) is 18.1. The number of ether oxygens (including phenoxy) is 6. The molecule has 16 heteroatoms. The number of carbonyl (C=O) groups excluding carboxylic acids is 3. The number of aliphatic hydroxyl groups is 5. The SMILES string of the molecule is CCCCOC(=O)[C@H]1O[C@@H](O[C@@H]2CC[C@]3(C)[C@H](CC[C@]4(C)[C@@H]3C(=O)C=C3[C@H]5C[C@@](C)(C(=O)O)CC[C@]5(C)CC[C@]34C)C2(C)C)[C@H](O[C@@H]2O[C@H](C(=O)OC)[C@@H](O)[C@H](O)[C@H]2O)[C@@H](O)[C@@H]1O. The first-order chi connectivity index (χ1) is 29.3. The van der Waals surface area contributed by atoms with E-state index in [-0.39, 0.29) is 41.0 Å². The molecule has 0 aromatic carbocycles. The summed E-state index contributed by atoms with van der Waals surface area (Å²) in [6.45, 7) is 17.1. The van der Waals surface area contributed by atoms with Gasteiger partial charge in [-0.2, -0.15) is 0 Å². The van der Waals surface area contributed by atoms with Crippen LogP contribution < -0.4 is 0 Å². The second-order valence-corrected chi connectivity index (χ2v) is 22.0. The number of aliphatic hydroxyl groups excluding tert-OH is 5. The summed E-state index contributed by atoms with van der Waals surface area (Å²) >= 11 is 0. The molecule has 0 radical (unpaired) electrons. The molecule has 2 saturated heterocycles. The third kappa shape index (κ3) is 7.62. The number of ketones is 1. The number of fused-ring (bicyclic) bond motifs is 7. The van der Waals surface area contributed by atoms with Gasteiger partial charge in [0.1, 0.15) is 36.6 Å². The van der Waals surface area contributed by atoms with Gasteiger partial charge in [0.2, 0.25) is 0 Å². The van der Waals surface area contributed by atoms with Gasteiger partial charge in [-0.25, -0.2) is 9.59 Å². The standard InChI is InChI=1S/C47H72O16/c1-10-11-20-59-38(55)34-30(51)31(52)35(63-39-32(53)28(49)29(50)33(61-39)37(54)58-9)40(62-34)60-27-13-14-45(6)26(42(27,2)3)12-15-47(8)36(45)25(48)21-23-24-22-44(5,41(56)57)17-16-43(24,4)18-19-46(23,47)7/h21,24,26-36,39-40,49-53H,10-20,22H2,1-9H3,(H,56,57)/t24-,26-,27-,28+,29+,30+,31+,32-,33+,34+,35-,36-,39+,40-,43-,44+,45-,46-,47-/m1/s1. The molecule has 6 fully saturated rings. The van der Waals surface area contributed by atoms with Crippen molar-refractivity contribution in [3.8, 4) is 0 Å². The largest absolute Gasteiger partial charge is 0.481 e. The normalized spacial score (nSPS) is 49.2. The number of hydrogen-bond acceptors (Lipinski definition) is 15. The molecule has 2 aliphatic heterocycles. The molecule has 7 rings (SSSR count). The maximum atomic E-state index is 15.0. The van der Waals surface area contributed by atoms with Crippen molar-refractivity contribution in [3.05, 3.63) is 11.6 Å². The quantitative estimate of drug-likeness (QED) is 0.104. The van der Waals surface area contributed by atoms with Crippen molar-refractivity contribution in [1.82, 2.24) is 0 Å². The summed E-state index contributed by atoms with van der Waals surface area (Å²) in [6.07, 6.45) is -9.22. The number of aliphatic carboxylic acids is 1. The molecule has 16 nitrogen and oxygen atoms in total. The molecule has 356 valence electrons. The van der Waals surface area contributed by atoms with Crippen LogP contribution in [0.4, 0.5) is 0 Å². The average Bonchev–Trinajstić information content (AvgIpc) is 3.22. The summed E-state index contributed by atoms with van der Waals surface area (Å²) in [5, 5.41) is 65.3. The lowest BCUT2D eigenvalue weighted by atomic mass is 9.33. The molecule has 7 aliphatic rings. The minimum absolute atomic E-state index is 0.00832. The highest BCUT2D eigenvalue weighted by Gasteiger charge is 2.71. The smallest absolute Gasteiger partial charge is 0.338 e. The first kappa shape index (κ1) is 48.4. The van der Waals surface area contributed by atoms with E-state index in [1.54, 1.807) is 0 Å². The van der Waals surface area contributed by atoms with Crippen molar-refractivity contribution >= 4 is 23.7 Å². The predicted octanol–water partition coefficient (Wildman–Crippen LogP) is 3.59. The van der Waals surface area contributed by atoms with Gasteiger partial charge in [-0.1, -0.05) is 60.5 Å². The topological polar surface area (TPSA) is 245 Å². The average molecular weight is 893 g/mol. The van der Waals surface area contributed by atoms with Crippen LogP contribution in [0.5, 0.6) is 0 Å². The molecule has 0 aromatic rings. The van der Waals surface area contributed by atoms with E-state index in [0.29, 0.717) is 32.1 Å². The van der Waals surface area contributed by atoms with Crippen molar-refractivity contribution in [2.24, 2.45) is 50.2 Å². The van der Waals surface area contributed by atoms with Crippen LogP contribution in [0.2, 0.25) is 0 Å². The van der Waals surface area contributed by atoms with Gasteiger partial charge in [-0.3, -0.25) is 9.59 Å². The highest BCUT2D eigenvalue weighted by Crippen LogP contribution is 2.75. The van der Waals surface area contributed by atoms with E-state index >= 15 is 0 Å². The number of esters is 2. The highest BCUT2D eigenvalue weighted by molar-refractivity contribution is 5.95. The molecule has 4 saturated carbocycles. The van der Waals surface area contributed by atoms with Crippen LogP contribution in [0.15, 0.2) is 11.6 Å². The van der Waals surface area contributed by atoms with Gasteiger partial charge in [-0.05, 0) is 116 Å². The van der Waals surface area contributed by atoms with Crippen LogP contribution in [0, 0.1) is 50.2 Å². The van der Waals surface area contributed by atoms with Crippen LogP contribution in [0.1, 0.15) is 126 Å². The van der Waals surface area contributed by atoms with E-state index in [4.69, 9.17) is 28.4 Å². The summed E-state index contributed by atoms with van der Waals surface area (Å²) in [6, 6.07) is 0. The Morgan fingerprint density at radius 3 is 2.05 bits per heavy atom. The van der Waals surface area contributed by atoms with Gasteiger partial charge in [0, 0.05) is 5.92 Å². The van der Waals surface area contributed by atoms with Gasteiger partial charge in [-0.15, -0.1) is 0 Å². The van der Waals surface area contributed by atoms with Gasteiger partial charge in [0.05, 0.1) is 25.2 Å². The zero-order valence-corrected chi connectivity index (χ0v) is 38.4. The Labute approximate surface area is 370 Å². The summed E-state index contributed by atoms with van der Waals surface area (Å²) < 4.78 is 34.6. The van der Waals surface area contributed by atoms with E-state index in [2.05, 4.69) is 41.5 Å². The maximum absolute atomic E-state index is 15.0. The molecule has 2 heterocycles. The van der Waals surface area contributed by atoms with Crippen LogP contribution in [0.25, 0.3) is 0 Å². The molecule has 0 unspecified atom stereocenters. The lowest BCUT2D eigenvalue weighted by Gasteiger charge is -2.70. The Balaban J connectivity index is 1.18. The molecule has 0 amide bonds. The molecular formula is C47H72O16. The van der Waals surface area contributed by atoms with Gasteiger partial charge in [0.15, 0.2) is 30.6 Å². The lowest BCUT2D eigenvalue weighted by molar-refractivity contribution is -0.371. The number of methoxy groups -OCH3 is 1. The first-order valence-corrected chi connectivity index (χ1v) is 23.1. The summed E-state index contributed by atoms with van der Waals surface area (Å²) in [5.41, 5.74) is -1.67. The number of hydrogen-bond donors (Lipinski definition) is 6. The Hall–Kier alpha value is -2.54. The molecular weight excluding hydrogens is 821 g/mol. The Morgan fingerprint density at radius 1 is 0.762 bits per heavy atom. The van der Waals surface area contributed by atoms with E-state index in [9.17, 15) is 49.8 Å². The number of rotatable bonds is 10. The van der Waals surface area contributed by atoms with Gasteiger partial charge < -0.3 is 59.1 Å². The highest BCUT2D eigenvalue weighted by atomic mass is 16.8. The van der Waals surface area contributed by atoms with Crippen LogP contribution in [0.3, 0.4) is 0 Å². The summed E-state index contributed by atoms with van der Waals surface area (Å²) in [4.78, 5) is 53.4. The maximum Gasteiger partial charge on any atom is 0.338 e. The van der Waals surface area contributed by atoms with Crippen LogP contribution in [-0.4, -0.2) is 136 Å². The summed E-state index contributed by atoms with van der Waals surface area (Å²) in [7, 11) is 1.05. The number of unbranched alkanes of at least 4 members (excludes halogenated alkanes) is 1. The number of carboxylic acids is 1. The van der Waals surface area contributed by atoms with Gasteiger partial charge >= 0.3 is 17.9 Å². The van der Waals surface area contributed by atoms with Crippen LogP contribution >= 0.6 is 0 Å².